The van der Waals surface area contributed by atoms with E-state index in [0.29, 0.717) is 18.7 Å². The maximum absolute atomic E-state index is 13.5. The number of morpholine rings is 1. The summed E-state index contributed by atoms with van der Waals surface area (Å²) in [6.07, 6.45) is -0.162. The molecule has 0 aliphatic carbocycles. The lowest BCUT2D eigenvalue weighted by Gasteiger charge is -2.35. The standard InChI is InChI=1S/C15H20FNO3/c1-11-7-17(9-14(10-18)20-11)8-13(19)6-12-4-2-3-5-15(12)16/h2-5,11,14,18H,6-10H2,1H3. The predicted molar refractivity (Wildman–Crippen MR) is 73.0 cm³/mol. The van der Waals surface area contributed by atoms with Gasteiger partial charge in [-0.3, -0.25) is 9.69 Å². The van der Waals surface area contributed by atoms with Gasteiger partial charge in [0, 0.05) is 19.5 Å². The van der Waals surface area contributed by atoms with E-state index < -0.39 is 0 Å². The molecule has 20 heavy (non-hydrogen) atoms. The molecule has 2 atom stereocenters. The molecule has 0 spiro atoms. The zero-order chi connectivity index (χ0) is 14.5. The Morgan fingerprint density at radius 2 is 2.20 bits per heavy atom. The van der Waals surface area contributed by atoms with Crippen LogP contribution in [0.1, 0.15) is 12.5 Å². The number of aliphatic hydroxyl groups excluding tert-OH is 1. The number of nitrogens with zero attached hydrogens (tertiary/aromatic N) is 1. The monoisotopic (exact) mass is 281 g/mol. The lowest BCUT2D eigenvalue weighted by molar-refractivity contribution is -0.126. The third-order valence-electron chi connectivity index (χ3n) is 3.35. The number of carbonyl (C=O) groups excluding carboxylic acids is 1. The van der Waals surface area contributed by atoms with Crippen LogP contribution in [0.25, 0.3) is 0 Å². The Morgan fingerprint density at radius 3 is 2.90 bits per heavy atom. The second kappa shape index (κ2) is 6.92. The van der Waals surface area contributed by atoms with Crippen molar-refractivity contribution in [2.75, 3.05) is 26.2 Å². The molecular weight excluding hydrogens is 261 g/mol. The zero-order valence-electron chi connectivity index (χ0n) is 11.6. The number of carbonyl (C=O) groups is 1. The molecule has 2 rings (SSSR count). The van der Waals surface area contributed by atoms with E-state index in [1.807, 2.05) is 11.8 Å². The van der Waals surface area contributed by atoms with Crippen molar-refractivity contribution in [3.05, 3.63) is 35.6 Å². The number of ether oxygens (including phenoxy) is 1. The fourth-order valence-corrected chi connectivity index (χ4v) is 2.53. The van der Waals surface area contributed by atoms with E-state index in [0.717, 1.165) is 0 Å². The highest BCUT2D eigenvalue weighted by molar-refractivity contribution is 5.82. The second-order valence-electron chi connectivity index (χ2n) is 5.25. The Hall–Kier alpha value is -1.30. The van der Waals surface area contributed by atoms with E-state index in [9.17, 15) is 9.18 Å². The van der Waals surface area contributed by atoms with E-state index in [4.69, 9.17) is 9.84 Å². The summed E-state index contributed by atoms with van der Waals surface area (Å²) in [7, 11) is 0. The average molecular weight is 281 g/mol. The van der Waals surface area contributed by atoms with Crippen molar-refractivity contribution in [2.45, 2.75) is 25.6 Å². The van der Waals surface area contributed by atoms with E-state index in [1.165, 1.54) is 6.07 Å². The Labute approximate surface area is 118 Å². The van der Waals surface area contributed by atoms with Crippen LogP contribution < -0.4 is 0 Å². The minimum Gasteiger partial charge on any atom is -0.394 e. The smallest absolute Gasteiger partial charge is 0.151 e. The van der Waals surface area contributed by atoms with Crippen LogP contribution >= 0.6 is 0 Å². The predicted octanol–water partition coefficient (Wildman–Crippen LogP) is 1.02. The molecule has 1 aliphatic heterocycles. The number of aliphatic hydroxyl groups is 1. The molecular formula is C15H20FNO3. The third-order valence-corrected chi connectivity index (χ3v) is 3.35. The molecule has 0 saturated carbocycles. The maximum Gasteiger partial charge on any atom is 0.151 e. The van der Waals surface area contributed by atoms with Gasteiger partial charge in [-0.15, -0.1) is 0 Å². The lowest BCUT2D eigenvalue weighted by Crippen LogP contribution is -2.49. The van der Waals surface area contributed by atoms with Crippen molar-refractivity contribution in [1.82, 2.24) is 4.90 Å². The van der Waals surface area contributed by atoms with Gasteiger partial charge in [0.25, 0.3) is 0 Å². The molecule has 1 heterocycles. The minimum atomic E-state index is -0.343. The molecule has 4 nitrogen and oxygen atoms in total. The van der Waals surface area contributed by atoms with E-state index in [-0.39, 0.29) is 43.4 Å². The number of Topliss-reactive ketones (excluding diaryl/α,β-unsaturated/α-hetero) is 1. The first-order valence-corrected chi connectivity index (χ1v) is 6.82. The van der Waals surface area contributed by atoms with E-state index in [1.54, 1.807) is 18.2 Å². The Morgan fingerprint density at radius 1 is 1.45 bits per heavy atom. The van der Waals surface area contributed by atoms with Gasteiger partial charge in [-0.25, -0.2) is 4.39 Å². The first-order chi connectivity index (χ1) is 9.58. The van der Waals surface area contributed by atoms with E-state index in [2.05, 4.69) is 0 Å². The van der Waals surface area contributed by atoms with Crippen LogP contribution in [0.4, 0.5) is 4.39 Å². The second-order valence-corrected chi connectivity index (χ2v) is 5.25. The molecule has 1 N–H and O–H groups in total. The molecule has 1 fully saturated rings. The summed E-state index contributed by atoms with van der Waals surface area (Å²) in [6.45, 7) is 3.31. The summed E-state index contributed by atoms with van der Waals surface area (Å²) in [4.78, 5) is 14.0. The number of hydrogen-bond donors (Lipinski definition) is 1. The summed E-state index contributed by atoms with van der Waals surface area (Å²) in [5.74, 6) is -0.370. The van der Waals surface area contributed by atoms with Gasteiger partial charge < -0.3 is 9.84 Å². The number of rotatable bonds is 5. The molecule has 1 saturated heterocycles. The molecule has 1 aromatic rings. The fraction of sp³-hybridized carbons (Fsp3) is 0.533. The molecule has 0 aromatic heterocycles. The summed E-state index contributed by atoms with van der Waals surface area (Å²) in [5.41, 5.74) is 0.428. The highest BCUT2D eigenvalue weighted by atomic mass is 19.1. The largest absolute Gasteiger partial charge is 0.394 e. The number of hydrogen-bond acceptors (Lipinski definition) is 4. The molecule has 2 unspecified atom stereocenters. The molecule has 1 aliphatic rings. The van der Waals surface area contributed by atoms with Crippen LogP contribution in [-0.2, 0) is 16.0 Å². The van der Waals surface area contributed by atoms with Gasteiger partial charge in [-0.1, -0.05) is 18.2 Å². The first-order valence-electron chi connectivity index (χ1n) is 6.82. The number of halogens is 1. The summed E-state index contributed by atoms with van der Waals surface area (Å²) >= 11 is 0. The normalized spacial score (nSPS) is 23.8. The fourth-order valence-electron chi connectivity index (χ4n) is 2.53. The average Bonchev–Trinajstić information content (AvgIpc) is 2.40. The van der Waals surface area contributed by atoms with Gasteiger partial charge >= 0.3 is 0 Å². The molecule has 110 valence electrons. The topological polar surface area (TPSA) is 49.8 Å². The maximum atomic E-state index is 13.5. The van der Waals surface area contributed by atoms with Gasteiger partial charge in [0.05, 0.1) is 25.4 Å². The Kier molecular flexibility index (Phi) is 5.23. The molecule has 0 bridgehead atoms. The van der Waals surface area contributed by atoms with Crippen LogP contribution in [0.15, 0.2) is 24.3 Å². The quantitative estimate of drug-likeness (QED) is 0.875. The van der Waals surface area contributed by atoms with Gasteiger partial charge in [-0.05, 0) is 18.6 Å². The highest BCUT2D eigenvalue weighted by Crippen LogP contribution is 2.12. The number of benzene rings is 1. The molecule has 0 radical (unpaired) electrons. The van der Waals surface area contributed by atoms with Gasteiger partial charge in [-0.2, -0.15) is 0 Å². The van der Waals surface area contributed by atoms with Crippen molar-refractivity contribution < 1.29 is 19.0 Å². The summed E-state index contributed by atoms with van der Waals surface area (Å²) in [6, 6.07) is 6.33. The zero-order valence-corrected chi connectivity index (χ0v) is 11.6. The van der Waals surface area contributed by atoms with Crippen LogP contribution in [0.3, 0.4) is 0 Å². The van der Waals surface area contributed by atoms with Crippen molar-refractivity contribution in [3.63, 3.8) is 0 Å². The molecule has 5 heteroatoms. The van der Waals surface area contributed by atoms with Gasteiger partial charge in [0.15, 0.2) is 5.78 Å². The molecule has 0 amide bonds. The van der Waals surface area contributed by atoms with Crippen molar-refractivity contribution in [1.29, 1.82) is 0 Å². The highest BCUT2D eigenvalue weighted by Gasteiger charge is 2.26. The van der Waals surface area contributed by atoms with Crippen LogP contribution in [0.2, 0.25) is 0 Å². The summed E-state index contributed by atoms with van der Waals surface area (Å²) in [5, 5.41) is 9.15. The summed E-state index contributed by atoms with van der Waals surface area (Å²) < 4.78 is 19.0. The first kappa shape index (κ1) is 15.1. The van der Waals surface area contributed by atoms with Gasteiger partial charge in [0.1, 0.15) is 5.82 Å². The van der Waals surface area contributed by atoms with Crippen LogP contribution in [0, 0.1) is 5.82 Å². The van der Waals surface area contributed by atoms with Gasteiger partial charge in [0.2, 0.25) is 0 Å². The SMILES string of the molecule is CC1CN(CC(=O)Cc2ccccc2F)CC(CO)O1. The van der Waals surface area contributed by atoms with Crippen molar-refractivity contribution in [2.24, 2.45) is 0 Å². The molecule has 1 aromatic carbocycles. The Balaban J connectivity index is 1.89. The van der Waals surface area contributed by atoms with Crippen LogP contribution in [-0.4, -0.2) is 54.2 Å². The van der Waals surface area contributed by atoms with E-state index >= 15 is 0 Å². The lowest BCUT2D eigenvalue weighted by atomic mass is 10.1. The van der Waals surface area contributed by atoms with Crippen molar-refractivity contribution in [3.8, 4) is 0 Å². The van der Waals surface area contributed by atoms with Crippen molar-refractivity contribution >= 4 is 5.78 Å². The number of ketones is 1. The van der Waals surface area contributed by atoms with Crippen LogP contribution in [0.5, 0.6) is 0 Å². The Bertz CT molecular complexity index is 466. The minimum absolute atomic E-state index is 0.0119. The third kappa shape index (κ3) is 4.10.